The van der Waals surface area contributed by atoms with Crippen LogP contribution in [0.4, 0.5) is 0 Å². The molecule has 0 saturated carbocycles. The van der Waals surface area contributed by atoms with Crippen molar-refractivity contribution in [3.05, 3.63) is 24.3 Å². The summed E-state index contributed by atoms with van der Waals surface area (Å²) in [6.45, 7) is 7.71. The molecule has 4 aliphatic heterocycles. The standard InChI is InChI=1S/C34H52O11/c1-5-10-30(37)44-29-18-24-17-22(35)16-23(41-24)14-20(3)12-8-7-9-13-26-21(4)15-27(42-26)25(36)19-28-32(45-31(38)11-6-2)34(29,40)33(39)43-28/h7-9,12,20-29,32,35-36,40H,5-6,10-11,13-19H2,1-4H3/t20-,21+,22-,23+,24+,25+,26+,27+,28+,29-,32-,34-/m0/s1. The molecule has 11 nitrogen and oxygen atoms in total. The lowest BCUT2D eigenvalue weighted by Crippen LogP contribution is -2.59. The van der Waals surface area contributed by atoms with E-state index in [1.54, 1.807) is 13.8 Å². The maximum Gasteiger partial charge on any atom is 0.346 e. The third-order valence-corrected chi connectivity index (χ3v) is 9.40. The van der Waals surface area contributed by atoms with Gasteiger partial charge in [-0.3, -0.25) is 9.59 Å². The maximum atomic E-state index is 13.6. The SMILES string of the molecule is CCCC(=O)O[C@H]1C[C@H]2C[C@@H](O)C[C@@H](C[C@@H](C)C=CC=CC[C@H]3O[C@H](C[C@H]3C)[C@H](O)C[C@H]3OC(=O)[C@@]1(O)[C@H]3OC(=O)CCC)O2. The number of carbonyl (C=O) groups excluding carboxylic acids is 3. The van der Waals surface area contributed by atoms with E-state index in [0.29, 0.717) is 38.5 Å². The van der Waals surface area contributed by atoms with Crippen molar-refractivity contribution >= 4 is 17.9 Å². The highest BCUT2D eigenvalue weighted by molar-refractivity contribution is 5.85. The Morgan fingerprint density at radius 2 is 1.53 bits per heavy atom. The Morgan fingerprint density at radius 1 is 0.867 bits per heavy atom. The molecule has 0 aliphatic carbocycles. The summed E-state index contributed by atoms with van der Waals surface area (Å²) in [5, 5.41) is 34.2. The van der Waals surface area contributed by atoms with Crippen molar-refractivity contribution in [2.75, 3.05) is 0 Å². The average molecular weight is 637 g/mol. The molecule has 4 heterocycles. The second-order valence-corrected chi connectivity index (χ2v) is 13.4. The fourth-order valence-corrected chi connectivity index (χ4v) is 7.01. The van der Waals surface area contributed by atoms with Gasteiger partial charge in [0.25, 0.3) is 0 Å². The van der Waals surface area contributed by atoms with Gasteiger partial charge >= 0.3 is 17.9 Å². The Bertz CT molecular complexity index is 1070. The molecule has 12 atom stereocenters. The zero-order chi connectivity index (χ0) is 32.7. The van der Waals surface area contributed by atoms with Crippen LogP contribution in [0.3, 0.4) is 0 Å². The Labute approximate surface area is 266 Å². The monoisotopic (exact) mass is 636 g/mol. The van der Waals surface area contributed by atoms with Crippen LogP contribution < -0.4 is 0 Å². The number of carbonyl (C=O) groups is 3. The lowest BCUT2D eigenvalue weighted by Gasteiger charge is -2.39. The van der Waals surface area contributed by atoms with Crippen LogP contribution in [0, 0.1) is 11.8 Å². The summed E-state index contributed by atoms with van der Waals surface area (Å²) in [4.78, 5) is 39.3. The molecule has 0 aromatic carbocycles. The van der Waals surface area contributed by atoms with Crippen molar-refractivity contribution in [3.63, 3.8) is 0 Å². The lowest BCUT2D eigenvalue weighted by atomic mass is 9.83. The van der Waals surface area contributed by atoms with Crippen LogP contribution in [0.2, 0.25) is 0 Å². The second kappa shape index (κ2) is 16.0. The molecule has 45 heavy (non-hydrogen) atoms. The molecule has 0 amide bonds. The first kappa shape index (κ1) is 35.5. The zero-order valence-electron chi connectivity index (χ0n) is 27.0. The quantitative estimate of drug-likeness (QED) is 0.290. The number of ether oxygens (including phenoxy) is 5. The van der Waals surface area contributed by atoms with Crippen molar-refractivity contribution in [3.8, 4) is 0 Å². The van der Waals surface area contributed by atoms with E-state index in [2.05, 4.69) is 19.9 Å². The van der Waals surface area contributed by atoms with Crippen molar-refractivity contribution in [2.24, 2.45) is 11.8 Å². The van der Waals surface area contributed by atoms with Gasteiger partial charge in [0.15, 0.2) is 6.10 Å². The number of hydrogen-bond acceptors (Lipinski definition) is 11. The summed E-state index contributed by atoms with van der Waals surface area (Å²) < 4.78 is 29.7. The van der Waals surface area contributed by atoms with Crippen LogP contribution in [0.15, 0.2) is 24.3 Å². The predicted octanol–water partition coefficient (Wildman–Crippen LogP) is 3.45. The Balaban J connectivity index is 1.71. The van der Waals surface area contributed by atoms with Crippen LogP contribution in [0.25, 0.3) is 0 Å². The topological polar surface area (TPSA) is 158 Å². The molecule has 0 unspecified atom stereocenters. The van der Waals surface area contributed by atoms with E-state index in [1.165, 1.54) is 0 Å². The zero-order valence-corrected chi connectivity index (χ0v) is 27.0. The van der Waals surface area contributed by atoms with Crippen LogP contribution in [-0.2, 0) is 38.1 Å². The van der Waals surface area contributed by atoms with Gasteiger partial charge in [0, 0.05) is 25.7 Å². The molecule has 3 N–H and O–H groups in total. The highest BCUT2D eigenvalue weighted by Gasteiger charge is 2.65. The molecule has 6 bridgehead atoms. The molecule has 0 spiro atoms. The number of hydrogen-bond donors (Lipinski definition) is 3. The fraction of sp³-hybridized carbons (Fsp3) is 0.794. The summed E-state index contributed by atoms with van der Waals surface area (Å²) in [7, 11) is 0. The van der Waals surface area contributed by atoms with E-state index in [-0.39, 0.29) is 56.1 Å². The van der Waals surface area contributed by atoms with Gasteiger partial charge in [0.1, 0.15) is 12.2 Å². The van der Waals surface area contributed by atoms with Crippen molar-refractivity contribution in [1.29, 1.82) is 0 Å². The molecular weight excluding hydrogens is 584 g/mol. The van der Waals surface area contributed by atoms with Gasteiger partial charge in [-0.15, -0.1) is 0 Å². The van der Waals surface area contributed by atoms with Gasteiger partial charge in [0.05, 0.1) is 36.6 Å². The average Bonchev–Trinajstić information content (AvgIpc) is 3.44. The summed E-state index contributed by atoms with van der Waals surface area (Å²) in [6, 6.07) is 0. The normalized spacial score (nSPS) is 40.9. The molecule has 0 aromatic rings. The van der Waals surface area contributed by atoms with Gasteiger partial charge in [-0.05, 0) is 56.8 Å². The first-order valence-corrected chi connectivity index (χ1v) is 16.8. The molecule has 3 fully saturated rings. The first-order valence-electron chi connectivity index (χ1n) is 16.8. The van der Waals surface area contributed by atoms with E-state index in [9.17, 15) is 29.7 Å². The number of fused-ring (bicyclic) bond motifs is 6. The van der Waals surface area contributed by atoms with Gasteiger partial charge in [-0.25, -0.2) is 4.79 Å². The highest BCUT2D eigenvalue weighted by Crippen LogP contribution is 2.41. The molecule has 4 rings (SSSR count). The Hall–Kier alpha value is -2.31. The number of rotatable bonds is 6. The van der Waals surface area contributed by atoms with Crippen molar-refractivity contribution in [2.45, 2.75) is 159 Å². The number of esters is 3. The third-order valence-electron chi connectivity index (χ3n) is 9.40. The largest absolute Gasteiger partial charge is 0.458 e. The summed E-state index contributed by atoms with van der Waals surface area (Å²) in [5.74, 6) is -2.11. The van der Waals surface area contributed by atoms with E-state index >= 15 is 0 Å². The van der Waals surface area contributed by atoms with Gasteiger partial charge in [-0.2, -0.15) is 0 Å². The summed E-state index contributed by atoms with van der Waals surface area (Å²) in [6.07, 6.45) is 3.60. The molecule has 0 radical (unpaired) electrons. The number of allylic oxidation sites excluding steroid dienone is 3. The van der Waals surface area contributed by atoms with Gasteiger partial charge in [0.2, 0.25) is 5.60 Å². The fourth-order valence-electron chi connectivity index (χ4n) is 7.01. The summed E-state index contributed by atoms with van der Waals surface area (Å²) >= 11 is 0. The van der Waals surface area contributed by atoms with E-state index < -0.39 is 66.2 Å². The minimum atomic E-state index is -2.56. The highest BCUT2D eigenvalue weighted by atomic mass is 16.6. The second-order valence-electron chi connectivity index (χ2n) is 13.4. The van der Waals surface area contributed by atoms with E-state index in [1.807, 2.05) is 18.2 Å². The third kappa shape index (κ3) is 8.94. The maximum absolute atomic E-state index is 13.6. The summed E-state index contributed by atoms with van der Waals surface area (Å²) in [5.41, 5.74) is -2.56. The first-order chi connectivity index (χ1) is 21.4. The molecule has 3 saturated heterocycles. The lowest BCUT2D eigenvalue weighted by molar-refractivity contribution is -0.200. The number of aliphatic hydroxyl groups is 3. The molecule has 4 aliphatic rings. The molecular formula is C34H52O11. The van der Waals surface area contributed by atoms with Crippen LogP contribution in [0.1, 0.15) is 98.3 Å². The van der Waals surface area contributed by atoms with E-state index in [4.69, 9.17) is 23.7 Å². The Morgan fingerprint density at radius 3 is 2.22 bits per heavy atom. The van der Waals surface area contributed by atoms with Crippen LogP contribution in [0.5, 0.6) is 0 Å². The predicted molar refractivity (Wildman–Crippen MR) is 163 cm³/mol. The smallest absolute Gasteiger partial charge is 0.346 e. The Kier molecular flexibility index (Phi) is 12.6. The van der Waals surface area contributed by atoms with E-state index in [0.717, 1.165) is 0 Å². The van der Waals surface area contributed by atoms with Crippen LogP contribution >= 0.6 is 0 Å². The molecule has 0 aromatic heterocycles. The van der Waals surface area contributed by atoms with Gasteiger partial charge < -0.3 is 39.0 Å². The number of aliphatic hydroxyl groups excluding tert-OH is 2. The van der Waals surface area contributed by atoms with Crippen molar-refractivity contribution in [1.82, 2.24) is 0 Å². The van der Waals surface area contributed by atoms with Crippen molar-refractivity contribution < 1.29 is 53.4 Å². The minimum absolute atomic E-state index is 0.0288. The molecule has 11 heteroatoms. The molecule has 254 valence electrons. The van der Waals surface area contributed by atoms with Gasteiger partial charge in [-0.1, -0.05) is 52.0 Å². The van der Waals surface area contributed by atoms with Crippen LogP contribution in [-0.4, -0.2) is 93.8 Å². The minimum Gasteiger partial charge on any atom is -0.458 e.